The summed E-state index contributed by atoms with van der Waals surface area (Å²) in [4.78, 5) is 27.7. The zero-order valence-electron chi connectivity index (χ0n) is 9.81. The van der Waals surface area contributed by atoms with Gasteiger partial charge in [0, 0.05) is 12.7 Å². The average Bonchev–Trinajstić information content (AvgIpc) is 2.80. The lowest BCUT2D eigenvalue weighted by atomic mass is 10.3. The highest BCUT2D eigenvalue weighted by molar-refractivity contribution is 7.17. The molecule has 2 rings (SSSR count). The number of carbonyl (C=O) groups is 1. The molecule has 0 atom stereocenters. The summed E-state index contributed by atoms with van der Waals surface area (Å²) in [5.41, 5.74) is 0.156. The van der Waals surface area contributed by atoms with Crippen LogP contribution in [-0.2, 0) is 6.54 Å². The fourth-order valence-electron chi connectivity index (χ4n) is 1.45. The van der Waals surface area contributed by atoms with E-state index in [0.717, 1.165) is 11.3 Å². The van der Waals surface area contributed by atoms with Crippen LogP contribution in [0.25, 0.3) is 0 Å². The van der Waals surface area contributed by atoms with Crippen molar-refractivity contribution in [1.82, 2.24) is 9.55 Å². The molecule has 0 unspecified atom stereocenters. The van der Waals surface area contributed by atoms with Crippen LogP contribution >= 0.6 is 34.5 Å². The van der Waals surface area contributed by atoms with Crippen molar-refractivity contribution < 1.29 is 4.79 Å². The number of halogens is 2. The number of carbonyl (C=O) groups excluding carboxylic acids is 1. The third-order valence-corrected chi connectivity index (χ3v) is 3.73. The molecule has 0 aliphatic heterocycles. The van der Waals surface area contributed by atoms with Gasteiger partial charge in [0.15, 0.2) is 4.47 Å². The summed E-state index contributed by atoms with van der Waals surface area (Å²) in [6.45, 7) is 2.28. The molecule has 0 aliphatic carbocycles. The maximum absolute atomic E-state index is 11.9. The van der Waals surface area contributed by atoms with Crippen molar-refractivity contribution in [3.63, 3.8) is 0 Å². The van der Waals surface area contributed by atoms with Gasteiger partial charge in [-0.1, -0.05) is 34.5 Å². The molecule has 0 radical (unpaired) electrons. The van der Waals surface area contributed by atoms with Crippen LogP contribution in [0.15, 0.2) is 23.3 Å². The minimum atomic E-state index is -0.346. The van der Waals surface area contributed by atoms with Gasteiger partial charge in [-0.25, -0.2) is 4.98 Å². The Hall–Kier alpha value is -1.37. The molecule has 0 aromatic carbocycles. The van der Waals surface area contributed by atoms with E-state index in [9.17, 15) is 9.59 Å². The summed E-state index contributed by atoms with van der Waals surface area (Å²) < 4.78 is 1.71. The molecule has 2 aromatic rings. The molecule has 0 spiro atoms. The van der Waals surface area contributed by atoms with E-state index in [0.29, 0.717) is 21.6 Å². The quantitative estimate of drug-likeness (QED) is 0.946. The lowest BCUT2D eigenvalue weighted by Gasteiger charge is -2.08. The number of hydrogen-bond acceptors (Lipinski definition) is 4. The Morgan fingerprint density at radius 2 is 2.26 bits per heavy atom. The van der Waals surface area contributed by atoms with E-state index >= 15 is 0 Å². The van der Waals surface area contributed by atoms with Crippen LogP contribution in [0.4, 0.5) is 5.69 Å². The molecule has 0 fully saturated rings. The van der Waals surface area contributed by atoms with E-state index in [1.54, 1.807) is 0 Å². The first-order valence-corrected chi connectivity index (χ1v) is 6.91. The number of thiazole rings is 1. The summed E-state index contributed by atoms with van der Waals surface area (Å²) >= 11 is 12.6. The second kappa shape index (κ2) is 5.73. The van der Waals surface area contributed by atoms with E-state index < -0.39 is 0 Å². The average molecular weight is 318 g/mol. The maximum Gasteiger partial charge on any atom is 0.269 e. The first-order chi connectivity index (χ1) is 9.01. The largest absolute Gasteiger partial charge is 0.320 e. The predicted octanol–water partition coefficient (Wildman–Crippen LogP) is 2.88. The van der Waals surface area contributed by atoms with Gasteiger partial charge in [0.25, 0.3) is 11.5 Å². The lowest BCUT2D eigenvalue weighted by Crippen LogP contribution is -2.21. The second-order valence-corrected chi connectivity index (χ2v) is 5.62. The van der Waals surface area contributed by atoms with Gasteiger partial charge in [0.05, 0.1) is 11.9 Å². The molecule has 100 valence electrons. The standard InChI is InChI=1S/C11H9Cl2N3O2S/c1-2-16-5-6(3-7(12)10(16)18)15-9(17)8-4-14-11(13)19-8/h3-5H,2H2,1H3,(H,15,17). The Kier molecular flexibility index (Phi) is 4.24. The predicted molar refractivity (Wildman–Crippen MR) is 76.5 cm³/mol. The smallest absolute Gasteiger partial charge is 0.269 e. The van der Waals surface area contributed by atoms with E-state index in [2.05, 4.69) is 10.3 Å². The second-order valence-electron chi connectivity index (χ2n) is 3.60. The molecule has 0 saturated heterocycles. The van der Waals surface area contributed by atoms with Crippen molar-refractivity contribution in [3.8, 4) is 0 Å². The highest BCUT2D eigenvalue weighted by Gasteiger charge is 2.11. The van der Waals surface area contributed by atoms with Gasteiger partial charge in [-0.3, -0.25) is 9.59 Å². The van der Waals surface area contributed by atoms with Gasteiger partial charge in [0.1, 0.15) is 9.90 Å². The molecule has 0 aliphatic rings. The third kappa shape index (κ3) is 3.15. The number of aromatic nitrogens is 2. The Morgan fingerprint density at radius 1 is 1.53 bits per heavy atom. The summed E-state index contributed by atoms with van der Waals surface area (Å²) in [7, 11) is 0. The Balaban J connectivity index is 2.26. The molecule has 0 bridgehead atoms. The van der Waals surface area contributed by atoms with E-state index in [1.165, 1.54) is 23.0 Å². The van der Waals surface area contributed by atoms with Crippen molar-refractivity contribution in [2.75, 3.05) is 5.32 Å². The first kappa shape index (κ1) is 14.0. The monoisotopic (exact) mass is 317 g/mol. The molecule has 19 heavy (non-hydrogen) atoms. The number of anilines is 1. The van der Waals surface area contributed by atoms with Crippen LogP contribution in [0.2, 0.25) is 9.49 Å². The first-order valence-electron chi connectivity index (χ1n) is 5.34. The van der Waals surface area contributed by atoms with Gasteiger partial charge < -0.3 is 9.88 Å². The molecule has 0 saturated carbocycles. The summed E-state index contributed by atoms with van der Waals surface area (Å²) in [5, 5.41) is 2.70. The van der Waals surface area contributed by atoms with E-state index in [4.69, 9.17) is 23.2 Å². The Morgan fingerprint density at radius 3 is 2.84 bits per heavy atom. The fraction of sp³-hybridized carbons (Fsp3) is 0.182. The van der Waals surface area contributed by atoms with Gasteiger partial charge in [-0.2, -0.15) is 0 Å². The number of hydrogen-bond donors (Lipinski definition) is 1. The van der Waals surface area contributed by atoms with Crippen LogP contribution in [0, 0.1) is 0 Å². The fourth-order valence-corrected chi connectivity index (χ4v) is 2.51. The number of rotatable bonds is 3. The molecule has 8 heteroatoms. The van der Waals surface area contributed by atoms with Crippen molar-refractivity contribution in [3.05, 3.63) is 43.2 Å². The molecule has 5 nitrogen and oxygen atoms in total. The van der Waals surface area contributed by atoms with Crippen molar-refractivity contribution in [2.24, 2.45) is 0 Å². The number of amides is 1. The molecular formula is C11H9Cl2N3O2S. The van der Waals surface area contributed by atoms with Gasteiger partial charge in [-0.15, -0.1) is 0 Å². The molecule has 2 aromatic heterocycles. The van der Waals surface area contributed by atoms with E-state index in [1.807, 2.05) is 6.92 Å². The normalized spacial score (nSPS) is 10.5. The zero-order chi connectivity index (χ0) is 14.0. The lowest BCUT2D eigenvalue weighted by molar-refractivity contribution is 0.103. The van der Waals surface area contributed by atoms with Gasteiger partial charge in [-0.05, 0) is 13.0 Å². The highest BCUT2D eigenvalue weighted by Crippen LogP contribution is 2.19. The summed E-state index contributed by atoms with van der Waals surface area (Å²) in [6.07, 6.45) is 2.93. The number of nitrogens with one attached hydrogen (secondary N) is 1. The number of aryl methyl sites for hydroxylation is 1. The minimum Gasteiger partial charge on any atom is -0.320 e. The van der Waals surface area contributed by atoms with E-state index in [-0.39, 0.29) is 16.5 Å². The summed E-state index contributed by atoms with van der Waals surface area (Å²) in [6, 6.07) is 1.41. The van der Waals surface area contributed by atoms with Crippen LogP contribution < -0.4 is 10.9 Å². The molecular weight excluding hydrogens is 309 g/mol. The van der Waals surface area contributed by atoms with Crippen molar-refractivity contribution in [2.45, 2.75) is 13.5 Å². The van der Waals surface area contributed by atoms with Crippen LogP contribution in [-0.4, -0.2) is 15.5 Å². The van der Waals surface area contributed by atoms with Gasteiger partial charge in [0.2, 0.25) is 0 Å². The van der Waals surface area contributed by atoms with Crippen LogP contribution in [0.1, 0.15) is 16.6 Å². The molecule has 1 N–H and O–H groups in total. The number of nitrogens with zero attached hydrogens (tertiary/aromatic N) is 2. The van der Waals surface area contributed by atoms with Crippen molar-refractivity contribution >= 4 is 46.1 Å². The Bertz CT molecular complexity index is 681. The zero-order valence-corrected chi connectivity index (χ0v) is 12.1. The SMILES string of the molecule is CCn1cc(NC(=O)c2cnc(Cl)s2)cc(Cl)c1=O. The topological polar surface area (TPSA) is 64.0 Å². The third-order valence-electron chi connectivity index (χ3n) is 2.34. The molecule has 2 heterocycles. The highest BCUT2D eigenvalue weighted by atomic mass is 35.5. The molecule has 1 amide bonds. The summed E-state index contributed by atoms with van der Waals surface area (Å²) in [5.74, 6) is -0.346. The Labute approximate surface area is 122 Å². The maximum atomic E-state index is 11.9. The van der Waals surface area contributed by atoms with Crippen molar-refractivity contribution in [1.29, 1.82) is 0 Å². The van der Waals surface area contributed by atoms with Crippen LogP contribution in [0.3, 0.4) is 0 Å². The van der Waals surface area contributed by atoms with Crippen LogP contribution in [0.5, 0.6) is 0 Å². The number of pyridine rings is 1. The van der Waals surface area contributed by atoms with Gasteiger partial charge >= 0.3 is 0 Å². The minimum absolute atomic E-state index is 0.0574.